The van der Waals surface area contributed by atoms with Crippen molar-refractivity contribution in [2.45, 2.75) is 78.3 Å². The van der Waals surface area contributed by atoms with Gasteiger partial charge in [0.25, 0.3) is 11.8 Å². The zero-order valence-electron chi connectivity index (χ0n) is 40.4. The number of carbonyl (C=O) groups excluding carboxylic acids is 5. The van der Waals surface area contributed by atoms with Crippen LogP contribution in [0.2, 0.25) is 0 Å². The van der Waals surface area contributed by atoms with Crippen LogP contribution in [0.5, 0.6) is 11.5 Å². The molecule has 2 aromatic heterocycles. The lowest BCUT2D eigenvalue weighted by molar-refractivity contribution is -0.143. The van der Waals surface area contributed by atoms with E-state index in [0.29, 0.717) is 59.9 Å². The van der Waals surface area contributed by atoms with E-state index in [2.05, 4.69) is 51.3 Å². The number of rotatable bonds is 19. The van der Waals surface area contributed by atoms with Crippen molar-refractivity contribution in [1.82, 2.24) is 35.9 Å². The molecule has 0 saturated carbocycles. The number of nitrogens with one attached hydrogen (secondary N) is 5. The first-order chi connectivity index (χ1) is 33.6. The second-order valence-corrected chi connectivity index (χ2v) is 16.5. The number of ether oxygens (including phenoxy) is 2. The predicted molar refractivity (Wildman–Crippen MR) is 264 cm³/mol. The van der Waals surface area contributed by atoms with E-state index in [1.165, 1.54) is 14.2 Å². The highest BCUT2D eigenvalue weighted by Gasteiger charge is 2.28. The third-order valence-electron chi connectivity index (χ3n) is 11.3. The lowest BCUT2D eigenvalue weighted by atomic mass is 10.0. The SMILES string of the molecule is COC(=O)[C@H](CN)NC(=O)c1c(C)nc(NCCCc2cccc(O)c2)nc1C.COC(=O)[C@H](CNC(=O)N1CCCc2ccccc21)NC(=O)c1c(C)nc(NCCCc2cccc(O)c2)nc1C. The van der Waals surface area contributed by atoms with Crippen molar-refractivity contribution in [1.29, 1.82) is 0 Å². The van der Waals surface area contributed by atoms with Crippen molar-refractivity contribution in [3.05, 3.63) is 123 Å². The molecule has 1 aliphatic rings. The highest BCUT2D eigenvalue weighted by molar-refractivity contribution is 6.00. The maximum Gasteiger partial charge on any atom is 0.330 e. The van der Waals surface area contributed by atoms with E-state index in [9.17, 15) is 34.2 Å². The second-order valence-electron chi connectivity index (χ2n) is 16.5. The van der Waals surface area contributed by atoms with Crippen molar-refractivity contribution >= 4 is 47.4 Å². The van der Waals surface area contributed by atoms with Crippen LogP contribution in [0.1, 0.15) is 79.4 Å². The fraction of sp³-hybridized carbons (Fsp3) is 0.380. The molecule has 4 amide bonds. The lowest BCUT2D eigenvalue weighted by Crippen LogP contribution is -2.52. The minimum Gasteiger partial charge on any atom is -0.508 e. The summed E-state index contributed by atoms with van der Waals surface area (Å²) in [7, 11) is 2.46. The molecule has 372 valence electrons. The van der Waals surface area contributed by atoms with Crippen molar-refractivity contribution in [2.24, 2.45) is 5.73 Å². The molecule has 20 nitrogen and oxygen atoms in total. The fourth-order valence-corrected chi connectivity index (χ4v) is 7.84. The number of amides is 4. The average molecular weight is 962 g/mol. The Morgan fingerprint density at radius 1 is 0.671 bits per heavy atom. The van der Waals surface area contributed by atoms with Gasteiger partial charge >= 0.3 is 18.0 Å². The van der Waals surface area contributed by atoms with E-state index in [1.807, 2.05) is 48.5 Å². The molecule has 0 aliphatic carbocycles. The first-order valence-corrected chi connectivity index (χ1v) is 23.0. The summed E-state index contributed by atoms with van der Waals surface area (Å²) in [6, 6.07) is 19.6. The van der Waals surface area contributed by atoms with Crippen LogP contribution < -0.4 is 37.2 Å². The Labute approximate surface area is 407 Å². The van der Waals surface area contributed by atoms with Gasteiger partial charge in [-0.15, -0.1) is 0 Å². The van der Waals surface area contributed by atoms with Crippen LogP contribution in [-0.2, 0) is 38.3 Å². The number of phenolic OH excluding ortho intramolecular Hbond substituents is 2. The van der Waals surface area contributed by atoms with E-state index in [-0.39, 0.29) is 36.2 Å². The van der Waals surface area contributed by atoms with Gasteiger partial charge in [0.1, 0.15) is 23.6 Å². The van der Waals surface area contributed by atoms with E-state index in [4.69, 9.17) is 10.5 Å². The maximum absolute atomic E-state index is 13.2. The molecule has 3 heterocycles. The number of fused-ring (bicyclic) bond motifs is 1. The second kappa shape index (κ2) is 26.0. The summed E-state index contributed by atoms with van der Waals surface area (Å²) in [5.41, 5.74) is 12.0. The van der Waals surface area contributed by atoms with Crippen LogP contribution in [0.3, 0.4) is 0 Å². The number of hydrogen-bond acceptors (Lipinski definition) is 16. The molecule has 0 radical (unpaired) electrons. The molecule has 0 bridgehead atoms. The Balaban J connectivity index is 0.000000277. The molecular formula is C50H63N11O9. The van der Waals surface area contributed by atoms with Gasteiger partial charge in [-0.25, -0.2) is 34.3 Å². The number of methoxy groups -OCH3 is 2. The molecule has 70 heavy (non-hydrogen) atoms. The number of aromatic nitrogens is 4. The average Bonchev–Trinajstić information content (AvgIpc) is 3.33. The van der Waals surface area contributed by atoms with Gasteiger partial charge in [-0.1, -0.05) is 42.5 Å². The van der Waals surface area contributed by atoms with E-state index in [0.717, 1.165) is 60.9 Å². The molecule has 1 aliphatic heterocycles. The molecule has 3 aromatic carbocycles. The Hall–Kier alpha value is -7.87. The zero-order chi connectivity index (χ0) is 50.7. The number of nitrogens with zero attached hydrogens (tertiary/aromatic N) is 5. The Kier molecular flexibility index (Phi) is 19.7. The molecule has 0 fully saturated rings. The molecule has 0 saturated heterocycles. The topological polar surface area (TPSA) is 285 Å². The number of aromatic hydroxyl groups is 2. The van der Waals surface area contributed by atoms with E-state index < -0.39 is 35.8 Å². The number of para-hydroxylation sites is 1. The van der Waals surface area contributed by atoms with Crippen molar-refractivity contribution < 1.29 is 43.7 Å². The Bertz CT molecular complexity index is 2580. The number of aryl methyl sites for hydroxylation is 7. The summed E-state index contributed by atoms with van der Waals surface area (Å²) in [5, 5.41) is 33.4. The van der Waals surface area contributed by atoms with Gasteiger partial charge in [0, 0.05) is 31.9 Å². The highest BCUT2D eigenvalue weighted by Crippen LogP contribution is 2.26. The number of carbonyl (C=O) groups is 5. The lowest BCUT2D eigenvalue weighted by Gasteiger charge is -2.30. The molecular weight excluding hydrogens is 899 g/mol. The van der Waals surface area contributed by atoms with Gasteiger partial charge in [-0.05, 0) is 113 Å². The number of hydrogen-bond donors (Lipinski definition) is 8. The molecule has 0 unspecified atom stereocenters. The number of nitrogens with two attached hydrogens (primary N) is 1. The molecule has 9 N–H and O–H groups in total. The highest BCUT2D eigenvalue weighted by atomic mass is 16.5. The molecule has 0 spiro atoms. The van der Waals surface area contributed by atoms with Gasteiger partial charge < -0.3 is 52.0 Å². The molecule has 5 aromatic rings. The Morgan fingerprint density at radius 2 is 1.14 bits per heavy atom. The Morgan fingerprint density at radius 3 is 1.61 bits per heavy atom. The van der Waals surface area contributed by atoms with Crippen LogP contribution in [-0.4, -0.2) is 119 Å². The van der Waals surface area contributed by atoms with E-state index >= 15 is 0 Å². The third-order valence-corrected chi connectivity index (χ3v) is 11.3. The van der Waals surface area contributed by atoms with Crippen LogP contribution in [0.25, 0.3) is 0 Å². The van der Waals surface area contributed by atoms with Crippen LogP contribution in [0, 0.1) is 27.7 Å². The molecule has 20 heteroatoms. The third kappa shape index (κ3) is 15.1. The normalized spacial score (nSPS) is 12.5. The van der Waals surface area contributed by atoms with Crippen LogP contribution in [0.15, 0.2) is 72.8 Å². The summed E-state index contributed by atoms with van der Waals surface area (Å²) in [6.07, 6.45) is 4.92. The molecule has 2 atom stereocenters. The standard InChI is InChI=1S/C30H36N6O5.C20H27N5O4/c1-19-26(20(2)34-29(33-19)31-15-7-10-21-9-6-13-23(37)17-21)27(38)35-24(28(39)41-3)18-32-30(40)36-16-8-12-22-11-4-5-14-25(22)36;1-12-17(18(27)25-16(11-21)19(28)29-3)13(2)24-20(23-12)22-9-5-7-14-6-4-8-15(26)10-14/h4-6,9,11,13-14,17,24,37H,7-8,10,12,15-16,18H2,1-3H3,(H,32,40)(H,35,38)(H,31,33,34);4,6,8,10,16,26H,5,7,9,11,21H2,1-3H3,(H,25,27)(H,22,23,24)/t24-;16-/m00/s1. The van der Waals surface area contributed by atoms with Gasteiger partial charge in [-0.2, -0.15) is 0 Å². The first-order valence-electron chi connectivity index (χ1n) is 23.0. The van der Waals surface area contributed by atoms with Crippen molar-refractivity contribution in [3.8, 4) is 11.5 Å². The number of phenols is 2. The minimum atomic E-state index is -1.11. The van der Waals surface area contributed by atoms with Gasteiger partial charge in [0.2, 0.25) is 11.9 Å². The predicted octanol–water partition coefficient (Wildman–Crippen LogP) is 4.35. The monoisotopic (exact) mass is 961 g/mol. The van der Waals surface area contributed by atoms with Gasteiger partial charge in [0.15, 0.2) is 0 Å². The number of esters is 2. The number of urea groups is 1. The largest absolute Gasteiger partial charge is 0.508 e. The summed E-state index contributed by atoms with van der Waals surface area (Å²) < 4.78 is 9.51. The minimum absolute atomic E-state index is 0.0732. The van der Waals surface area contributed by atoms with E-state index in [1.54, 1.807) is 56.9 Å². The summed E-state index contributed by atoms with van der Waals surface area (Å²) >= 11 is 0. The number of benzene rings is 3. The first kappa shape index (κ1) is 53.1. The smallest absolute Gasteiger partial charge is 0.330 e. The van der Waals surface area contributed by atoms with Gasteiger partial charge in [-0.3, -0.25) is 14.5 Å². The summed E-state index contributed by atoms with van der Waals surface area (Å²) in [4.78, 5) is 82.1. The van der Waals surface area contributed by atoms with Crippen molar-refractivity contribution in [3.63, 3.8) is 0 Å². The van der Waals surface area contributed by atoms with Crippen LogP contribution >= 0.6 is 0 Å². The maximum atomic E-state index is 13.2. The zero-order valence-corrected chi connectivity index (χ0v) is 40.4. The fourth-order valence-electron chi connectivity index (χ4n) is 7.84. The van der Waals surface area contributed by atoms with Crippen molar-refractivity contribution in [2.75, 3.05) is 62.5 Å². The molecule has 6 rings (SSSR count). The number of anilines is 3. The quantitative estimate of drug-likeness (QED) is 0.0422. The van der Waals surface area contributed by atoms with Gasteiger partial charge in [0.05, 0.1) is 54.7 Å². The summed E-state index contributed by atoms with van der Waals surface area (Å²) in [6.45, 7) is 8.39. The summed E-state index contributed by atoms with van der Waals surface area (Å²) in [5.74, 6) is -0.992. The van der Waals surface area contributed by atoms with Crippen LogP contribution in [0.4, 0.5) is 22.4 Å².